The number of sulfonamides is 1. The van der Waals surface area contributed by atoms with Crippen molar-refractivity contribution in [3.05, 3.63) is 30.1 Å². The van der Waals surface area contributed by atoms with Gasteiger partial charge in [-0.05, 0) is 31.0 Å². The fraction of sp³-hybridized carbons (Fsp3) is 0.533. The maximum absolute atomic E-state index is 13.3. The minimum Gasteiger partial charge on any atom is -0.325 e. The van der Waals surface area contributed by atoms with Gasteiger partial charge in [-0.15, -0.1) is 0 Å². The summed E-state index contributed by atoms with van der Waals surface area (Å²) in [6, 6.07) is 5.00. The number of benzene rings is 1. The van der Waals surface area contributed by atoms with Gasteiger partial charge in [-0.3, -0.25) is 0 Å². The van der Waals surface area contributed by atoms with E-state index in [1.165, 1.54) is 22.5 Å². The molecule has 0 atom stereocenters. The first-order chi connectivity index (χ1) is 11.0. The van der Waals surface area contributed by atoms with Gasteiger partial charge in [0.2, 0.25) is 10.0 Å². The van der Waals surface area contributed by atoms with Gasteiger partial charge in [0.15, 0.2) is 0 Å². The SMILES string of the molecule is O=C(N1CCCC1)N1CCN(S(=O)(=O)c2cccc(F)c2)CC1. The number of hydrogen-bond donors (Lipinski definition) is 0. The van der Waals surface area contributed by atoms with E-state index in [2.05, 4.69) is 0 Å². The Hall–Kier alpha value is -1.67. The van der Waals surface area contributed by atoms with Gasteiger partial charge in [0, 0.05) is 39.3 Å². The number of piperazine rings is 1. The third-order valence-corrected chi connectivity index (χ3v) is 6.21. The van der Waals surface area contributed by atoms with Gasteiger partial charge in [0.05, 0.1) is 4.90 Å². The highest BCUT2D eigenvalue weighted by molar-refractivity contribution is 7.89. The first kappa shape index (κ1) is 16.2. The van der Waals surface area contributed by atoms with Crippen LogP contribution in [0.25, 0.3) is 0 Å². The van der Waals surface area contributed by atoms with Crippen molar-refractivity contribution in [3.63, 3.8) is 0 Å². The van der Waals surface area contributed by atoms with Crippen molar-refractivity contribution in [3.8, 4) is 0 Å². The van der Waals surface area contributed by atoms with Crippen LogP contribution in [0, 0.1) is 5.82 Å². The summed E-state index contributed by atoms with van der Waals surface area (Å²) in [6.07, 6.45) is 2.05. The molecular weight excluding hydrogens is 321 g/mol. The number of carbonyl (C=O) groups is 1. The van der Waals surface area contributed by atoms with Crippen LogP contribution in [0.15, 0.2) is 29.2 Å². The molecule has 3 rings (SSSR count). The van der Waals surface area contributed by atoms with Crippen LogP contribution in [-0.2, 0) is 10.0 Å². The van der Waals surface area contributed by atoms with Crippen LogP contribution in [0.1, 0.15) is 12.8 Å². The van der Waals surface area contributed by atoms with E-state index < -0.39 is 15.8 Å². The van der Waals surface area contributed by atoms with Crippen LogP contribution in [0.5, 0.6) is 0 Å². The Morgan fingerprint density at radius 1 is 0.957 bits per heavy atom. The molecule has 0 aliphatic carbocycles. The molecule has 0 bridgehead atoms. The monoisotopic (exact) mass is 341 g/mol. The zero-order chi connectivity index (χ0) is 16.4. The van der Waals surface area contributed by atoms with Crippen molar-refractivity contribution < 1.29 is 17.6 Å². The maximum atomic E-state index is 13.3. The van der Waals surface area contributed by atoms with E-state index >= 15 is 0 Å². The summed E-state index contributed by atoms with van der Waals surface area (Å²) in [5.41, 5.74) is 0. The van der Waals surface area contributed by atoms with Gasteiger partial charge in [0.25, 0.3) is 0 Å². The molecule has 2 fully saturated rings. The first-order valence-electron chi connectivity index (χ1n) is 7.78. The third kappa shape index (κ3) is 3.32. The van der Waals surface area contributed by atoms with Crippen molar-refractivity contribution in [2.45, 2.75) is 17.7 Å². The second-order valence-corrected chi connectivity index (χ2v) is 7.76. The Bertz CT molecular complexity index is 681. The summed E-state index contributed by atoms with van der Waals surface area (Å²) < 4.78 is 39.6. The summed E-state index contributed by atoms with van der Waals surface area (Å²) in [4.78, 5) is 15.8. The van der Waals surface area contributed by atoms with Crippen LogP contribution in [0.2, 0.25) is 0 Å². The second-order valence-electron chi connectivity index (χ2n) is 5.83. The Kier molecular flexibility index (Phi) is 4.54. The van der Waals surface area contributed by atoms with Crippen molar-refractivity contribution in [2.24, 2.45) is 0 Å². The Morgan fingerprint density at radius 2 is 1.57 bits per heavy atom. The Morgan fingerprint density at radius 3 is 2.17 bits per heavy atom. The lowest BCUT2D eigenvalue weighted by Gasteiger charge is -2.36. The lowest BCUT2D eigenvalue weighted by Crippen LogP contribution is -2.53. The zero-order valence-electron chi connectivity index (χ0n) is 12.8. The van der Waals surface area contributed by atoms with Crippen molar-refractivity contribution in [1.82, 2.24) is 14.1 Å². The van der Waals surface area contributed by atoms with Gasteiger partial charge in [-0.1, -0.05) is 6.07 Å². The molecule has 2 aliphatic rings. The molecule has 6 nitrogen and oxygen atoms in total. The lowest BCUT2D eigenvalue weighted by molar-refractivity contribution is 0.142. The van der Waals surface area contributed by atoms with E-state index in [9.17, 15) is 17.6 Å². The Labute approximate surface area is 135 Å². The highest BCUT2D eigenvalue weighted by Gasteiger charge is 2.32. The number of hydrogen-bond acceptors (Lipinski definition) is 3. The van der Waals surface area contributed by atoms with Crippen LogP contribution in [-0.4, -0.2) is 67.8 Å². The molecule has 126 valence electrons. The van der Waals surface area contributed by atoms with Crippen LogP contribution in [0.4, 0.5) is 9.18 Å². The van der Waals surface area contributed by atoms with Crippen LogP contribution < -0.4 is 0 Å². The minimum absolute atomic E-state index is 0.00898. The highest BCUT2D eigenvalue weighted by atomic mass is 32.2. The molecule has 0 aromatic heterocycles. The fourth-order valence-corrected chi connectivity index (χ4v) is 4.46. The lowest BCUT2D eigenvalue weighted by atomic mass is 10.3. The summed E-state index contributed by atoms with van der Waals surface area (Å²) in [6.45, 7) is 2.76. The molecule has 2 heterocycles. The van der Waals surface area contributed by atoms with Crippen LogP contribution in [0.3, 0.4) is 0 Å². The number of halogens is 1. The maximum Gasteiger partial charge on any atom is 0.320 e. The summed E-state index contributed by atoms with van der Waals surface area (Å²) >= 11 is 0. The van der Waals surface area contributed by atoms with Gasteiger partial charge in [-0.2, -0.15) is 4.31 Å². The van der Waals surface area contributed by atoms with Gasteiger partial charge < -0.3 is 9.80 Å². The molecule has 0 N–H and O–H groups in total. The van der Waals surface area contributed by atoms with Gasteiger partial charge in [0.1, 0.15) is 5.82 Å². The quantitative estimate of drug-likeness (QED) is 0.816. The molecule has 2 saturated heterocycles. The second kappa shape index (κ2) is 6.45. The summed E-state index contributed by atoms with van der Waals surface area (Å²) in [5, 5.41) is 0. The number of likely N-dealkylation sites (tertiary alicyclic amines) is 1. The molecule has 2 amide bonds. The van der Waals surface area contributed by atoms with Crippen molar-refractivity contribution >= 4 is 16.1 Å². The number of urea groups is 1. The number of nitrogens with zero attached hydrogens (tertiary/aromatic N) is 3. The minimum atomic E-state index is -3.71. The molecule has 23 heavy (non-hydrogen) atoms. The van der Waals surface area contributed by atoms with Gasteiger partial charge in [-0.25, -0.2) is 17.6 Å². The van der Waals surface area contributed by atoms with E-state index in [4.69, 9.17) is 0 Å². The average molecular weight is 341 g/mol. The van der Waals surface area contributed by atoms with E-state index in [1.54, 1.807) is 4.90 Å². The van der Waals surface area contributed by atoms with Gasteiger partial charge >= 0.3 is 6.03 Å². The highest BCUT2D eigenvalue weighted by Crippen LogP contribution is 2.19. The molecule has 0 radical (unpaired) electrons. The summed E-state index contributed by atoms with van der Waals surface area (Å²) in [5.74, 6) is -0.575. The van der Waals surface area contributed by atoms with Crippen molar-refractivity contribution in [2.75, 3.05) is 39.3 Å². The smallest absolute Gasteiger partial charge is 0.320 e. The number of rotatable bonds is 2. The van der Waals surface area contributed by atoms with E-state index in [-0.39, 0.29) is 24.0 Å². The van der Waals surface area contributed by atoms with E-state index in [0.717, 1.165) is 32.0 Å². The first-order valence-corrected chi connectivity index (χ1v) is 9.22. The molecule has 1 aromatic rings. The average Bonchev–Trinajstić information content (AvgIpc) is 3.09. The molecule has 0 unspecified atom stereocenters. The topological polar surface area (TPSA) is 60.9 Å². The summed E-state index contributed by atoms with van der Waals surface area (Å²) in [7, 11) is -3.71. The molecule has 1 aromatic carbocycles. The zero-order valence-corrected chi connectivity index (χ0v) is 13.6. The predicted molar refractivity (Wildman–Crippen MR) is 82.9 cm³/mol. The molecule has 2 aliphatic heterocycles. The normalized spacial score (nSPS) is 20.0. The predicted octanol–water partition coefficient (Wildman–Crippen LogP) is 1.35. The fourth-order valence-electron chi connectivity index (χ4n) is 3.00. The van der Waals surface area contributed by atoms with E-state index in [0.29, 0.717) is 13.1 Å². The third-order valence-electron chi connectivity index (χ3n) is 4.32. The van der Waals surface area contributed by atoms with E-state index in [1.807, 2.05) is 4.90 Å². The Balaban J connectivity index is 1.65. The number of amides is 2. The number of carbonyl (C=O) groups excluding carboxylic acids is 1. The molecular formula is C15H20FN3O3S. The largest absolute Gasteiger partial charge is 0.325 e. The van der Waals surface area contributed by atoms with Crippen LogP contribution >= 0.6 is 0 Å². The molecule has 0 spiro atoms. The molecule has 0 saturated carbocycles. The molecule has 8 heteroatoms. The standard InChI is InChI=1S/C15H20FN3O3S/c16-13-4-3-5-14(12-13)23(21,22)19-10-8-18(9-11-19)15(20)17-6-1-2-7-17/h3-5,12H,1-2,6-11H2. The van der Waals surface area contributed by atoms with Crippen molar-refractivity contribution in [1.29, 1.82) is 0 Å².